The molecule has 1 aromatic rings. The van der Waals surface area contributed by atoms with Crippen LogP contribution in [-0.2, 0) is 0 Å². The number of benzene rings is 1. The van der Waals surface area contributed by atoms with Gasteiger partial charge >= 0.3 is 0 Å². The highest BCUT2D eigenvalue weighted by molar-refractivity contribution is 6.42. The fraction of sp³-hybridized carbons (Fsp3) is 0.571. The van der Waals surface area contributed by atoms with Crippen molar-refractivity contribution in [1.29, 1.82) is 0 Å². The van der Waals surface area contributed by atoms with E-state index < -0.39 is 0 Å². The Morgan fingerprint density at radius 1 is 1.28 bits per heavy atom. The van der Waals surface area contributed by atoms with Gasteiger partial charge in [-0.25, -0.2) is 0 Å². The van der Waals surface area contributed by atoms with Crippen LogP contribution in [0.1, 0.15) is 20.8 Å². The van der Waals surface area contributed by atoms with E-state index in [4.69, 9.17) is 23.2 Å². The standard InChI is InChI=1S/C14H20Cl2N2/c1-9(2)14-7-17-10(3)8-18(14)11-4-5-12(15)13(16)6-11/h4-6,9-10,14,17H,7-8H2,1-3H3. The second-order valence-electron chi connectivity index (χ2n) is 5.37. The van der Waals surface area contributed by atoms with Gasteiger partial charge < -0.3 is 10.2 Å². The lowest BCUT2D eigenvalue weighted by Gasteiger charge is -2.43. The molecule has 0 aromatic heterocycles. The van der Waals surface area contributed by atoms with Crippen molar-refractivity contribution in [3.05, 3.63) is 28.2 Å². The third kappa shape index (κ3) is 2.93. The second kappa shape index (κ2) is 5.68. The van der Waals surface area contributed by atoms with Gasteiger partial charge in [-0.05, 0) is 31.0 Å². The van der Waals surface area contributed by atoms with E-state index in [1.165, 1.54) is 0 Å². The van der Waals surface area contributed by atoms with Gasteiger partial charge in [0.1, 0.15) is 0 Å². The minimum absolute atomic E-state index is 0.495. The van der Waals surface area contributed by atoms with Crippen molar-refractivity contribution in [2.45, 2.75) is 32.9 Å². The predicted octanol–water partition coefficient (Wildman–Crippen LogP) is 3.82. The summed E-state index contributed by atoms with van der Waals surface area (Å²) in [5.74, 6) is 0.597. The maximum absolute atomic E-state index is 6.12. The summed E-state index contributed by atoms with van der Waals surface area (Å²) in [6.07, 6.45) is 0. The third-order valence-electron chi connectivity index (χ3n) is 3.55. The molecule has 18 heavy (non-hydrogen) atoms. The SMILES string of the molecule is CC1CN(c2ccc(Cl)c(Cl)c2)C(C(C)C)CN1. The summed E-state index contributed by atoms with van der Waals surface area (Å²) >= 11 is 12.1. The van der Waals surface area contributed by atoms with Gasteiger partial charge in [0.05, 0.1) is 10.0 Å². The van der Waals surface area contributed by atoms with Gasteiger partial charge in [-0.1, -0.05) is 37.0 Å². The zero-order valence-corrected chi connectivity index (χ0v) is 12.6. The summed E-state index contributed by atoms with van der Waals surface area (Å²) in [5, 5.41) is 4.78. The van der Waals surface area contributed by atoms with Gasteiger partial charge in [-0.15, -0.1) is 0 Å². The molecule has 0 radical (unpaired) electrons. The summed E-state index contributed by atoms with van der Waals surface area (Å²) in [7, 11) is 0. The molecule has 1 aromatic carbocycles. The zero-order chi connectivity index (χ0) is 13.3. The lowest BCUT2D eigenvalue weighted by atomic mass is 9.98. The molecular formula is C14H20Cl2N2. The Bertz CT molecular complexity index is 420. The normalized spacial score (nSPS) is 24.7. The minimum atomic E-state index is 0.495. The second-order valence-corrected chi connectivity index (χ2v) is 6.19. The van der Waals surface area contributed by atoms with E-state index >= 15 is 0 Å². The lowest BCUT2D eigenvalue weighted by molar-refractivity contribution is 0.349. The Morgan fingerprint density at radius 3 is 2.61 bits per heavy atom. The zero-order valence-electron chi connectivity index (χ0n) is 11.1. The highest BCUT2D eigenvalue weighted by atomic mass is 35.5. The van der Waals surface area contributed by atoms with Crippen LogP contribution in [-0.4, -0.2) is 25.2 Å². The van der Waals surface area contributed by atoms with Crippen molar-refractivity contribution in [2.75, 3.05) is 18.0 Å². The summed E-state index contributed by atoms with van der Waals surface area (Å²) < 4.78 is 0. The number of halogens is 2. The van der Waals surface area contributed by atoms with Gasteiger partial charge in [0, 0.05) is 30.9 Å². The Labute approximate surface area is 119 Å². The first-order chi connectivity index (χ1) is 8.49. The molecule has 2 atom stereocenters. The first-order valence-electron chi connectivity index (χ1n) is 6.44. The average Bonchev–Trinajstić information content (AvgIpc) is 2.32. The van der Waals surface area contributed by atoms with Crippen LogP contribution in [0.2, 0.25) is 10.0 Å². The molecule has 1 aliphatic heterocycles. The third-order valence-corrected chi connectivity index (χ3v) is 4.29. The molecule has 100 valence electrons. The van der Waals surface area contributed by atoms with Crippen molar-refractivity contribution >= 4 is 28.9 Å². The van der Waals surface area contributed by atoms with Gasteiger partial charge in [-0.3, -0.25) is 0 Å². The molecule has 1 fully saturated rings. The molecule has 1 saturated heterocycles. The molecule has 1 aliphatic rings. The molecule has 2 rings (SSSR count). The van der Waals surface area contributed by atoms with E-state index in [9.17, 15) is 0 Å². The maximum atomic E-state index is 6.12. The fourth-order valence-electron chi connectivity index (χ4n) is 2.48. The number of piperazine rings is 1. The van der Waals surface area contributed by atoms with E-state index in [1.807, 2.05) is 12.1 Å². The van der Waals surface area contributed by atoms with Crippen molar-refractivity contribution in [3.63, 3.8) is 0 Å². The van der Waals surface area contributed by atoms with Crippen molar-refractivity contribution in [3.8, 4) is 0 Å². The van der Waals surface area contributed by atoms with Crippen LogP contribution >= 0.6 is 23.2 Å². The van der Waals surface area contributed by atoms with Crippen molar-refractivity contribution < 1.29 is 0 Å². The van der Waals surface area contributed by atoms with E-state index in [2.05, 4.69) is 37.1 Å². The smallest absolute Gasteiger partial charge is 0.0612 e. The molecule has 1 N–H and O–H groups in total. The number of hydrogen-bond acceptors (Lipinski definition) is 2. The van der Waals surface area contributed by atoms with E-state index in [1.54, 1.807) is 0 Å². The number of nitrogens with zero attached hydrogens (tertiary/aromatic N) is 1. The lowest BCUT2D eigenvalue weighted by Crippen LogP contribution is -2.57. The summed E-state index contributed by atoms with van der Waals surface area (Å²) in [5.41, 5.74) is 1.16. The highest BCUT2D eigenvalue weighted by Gasteiger charge is 2.28. The largest absolute Gasteiger partial charge is 0.365 e. The maximum Gasteiger partial charge on any atom is 0.0612 e. The molecule has 0 spiro atoms. The Morgan fingerprint density at radius 2 is 2.00 bits per heavy atom. The summed E-state index contributed by atoms with van der Waals surface area (Å²) in [6, 6.07) is 6.90. The Kier molecular flexibility index (Phi) is 4.41. The van der Waals surface area contributed by atoms with E-state index in [-0.39, 0.29) is 0 Å². The molecule has 1 heterocycles. The van der Waals surface area contributed by atoms with Crippen LogP contribution in [0.3, 0.4) is 0 Å². The van der Waals surface area contributed by atoms with Crippen LogP contribution in [0.4, 0.5) is 5.69 Å². The molecule has 0 amide bonds. The topological polar surface area (TPSA) is 15.3 Å². The quantitative estimate of drug-likeness (QED) is 0.889. The Hall–Kier alpha value is -0.440. The van der Waals surface area contributed by atoms with Crippen LogP contribution < -0.4 is 10.2 Å². The minimum Gasteiger partial charge on any atom is -0.365 e. The number of nitrogens with one attached hydrogen (secondary N) is 1. The molecule has 0 bridgehead atoms. The number of anilines is 1. The van der Waals surface area contributed by atoms with Crippen LogP contribution in [0.15, 0.2) is 18.2 Å². The molecular weight excluding hydrogens is 267 g/mol. The molecule has 2 nitrogen and oxygen atoms in total. The van der Waals surface area contributed by atoms with Gasteiger partial charge in [0.25, 0.3) is 0 Å². The molecule has 2 unspecified atom stereocenters. The fourth-order valence-corrected chi connectivity index (χ4v) is 2.78. The molecule has 0 saturated carbocycles. The average molecular weight is 287 g/mol. The van der Waals surface area contributed by atoms with Gasteiger partial charge in [-0.2, -0.15) is 0 Å². The molecule has 0 aliphatic carbocycles. The summed E-state index contributed by atoms with van der Waals surface area (Å²) in [4.78, 5) is 2.44. The summed E-state index contributed by atoms with van der Waals surface area (Å²) in [6.45, 7) is 8.74. The predicted molar refractivity (Wildman–Crippen MR) is 79.9 cm³/mol. The Balaban J connectivity index is 2.29. The van der Waals surface area contributed by atoms with Crippen molar-refractivity contribution in [1.82, 2.24) is 5.32 Å². The van der Waals surface area contributed by atoms with Crippen LogP contribution in [0.25, 0.3) is 0 Å². The van der Waals surface area contributed by atoms with Gasteiger partial charge in [0.15, 0.2) is 0 Å². The van der Waals surface area contributed by atoms with E-state index in [0.717, 1.165) is 18.8 Å². The monoisotopic (exact) mass is 286 g/mol. The van der Waals surface area contributed by atoms with Crippen LogP contribution in [0, 0.1) is 5.92 Å². The van der Waals surface area contributed by atoms with Crippen molar-refractivity contribution in [2.24, 2.45) is 5.92 Å². The van der Waals surface area contributed by atoms with Crippen LogP contribution in [0.5, 0.6) is 0 Å². The van der Waals surface area contributed by atoms with Gasteiger partial charge in [0.2, 0.25) is 0 Å². The number of rotatable bonds is 2. The first kappa shape index (κ1) is 14.0. The first-order valence-corrected chi connectivity index (χ1v) is 7.19. The highest BCUT2D eigenvalue weighted by Crippen LogP contribution is 2.30. The van der Waals surface area contributed by atoms with E-state index in [0.29, 0.717) is 28.0 Å². The number of hydrogen-bond donors (Lipinski definition) is 1. The molecule has 4 heteroatoms.